The fourth-order valence-corrected chi connectivity index (χ4v) is 5.76. The second-order valence-corrected chi connectivity index (χ2v) is 8.74. The molecule has 0 spiro atoms. The van der Waals surface area contributed by atoms with E-state index in [1.54, 1.807) is 0 Å². The molecular weight excluding hydrogens is 386 g/mol. The first-order valence-electron chi connectivity index (χ1n) is 8.44. The van der Waals surface area contributed by atoms with Crippen LogP contribution in [0.25, 0.3) is 0 Å². The first-order valence-corrected chi connectivity index (χ1v) is 11.3. The number of nitrogens with zero attached hydrogens (tertiary/aromatic N) is 3. The number of aromatic nitrogens is 3. The van der Waals surface area contributed by atoms with Crippen molar-refractivity contribution in [3.05, 3.63) is 41.6 Å². The van der Waals surface area contributed by atoms with E-state index in [9.17, 15) is 0 Å². The van der Waals surface area contributed by atoms with Gasteiger partial charge in [-0.25, -0.2) is 0 Å². The SMILES string of the molecule is CCCCCc1nnn(Cc2ccccc2)c1[Te]CCCC. The van der Waals surface area contributed by atoms with Crippen molar-refractivity contribution in [1.82, 2.24) is 15.0 Å². The third-order valence-electron chi connectivity index (χ3n) is 3.68. The summed E-state index contributed by atoms with van der Waals surface area (Å²) in [5.41, 5.74) is 2.60. The van der Waals surface area contributed by atoms with Crippen molar-refractivity contribution in [2.24, 2.45) is 0 Å². The average molecular weight is 413 g/mol. The van der Waals surface area contributed by atoms with Crippen LogP contribution >= 0.6 is 0 Å². The molecule has 1 heterocycles. The predicted octanol–water partition coefficient (Wildman–Crippen LogP) is 3.61. The molecule has 0 aliphatic rings. The van der Waals surface area contributed by atoms with E-state index in [-0.39, 0.29) is 20.9 Å². The second kappa shape index (κ2) is 10.0. The summed E-state index contributed by atoms with van der Waals surface area (Å²) < 4.78 is 5.03. The fourth-order valence-electron chi connectivity index (χ4n) is 2.37. The number of hydrogen-bond acceptors (Lipinski definition) is 2. The molecular formula is C18H27N3Te. The van der Waals surface area contributed by atoms with E-state index >= 15 is 0 Å². The molecule has 0 fully saturated rings. The number of aryl methyl sites for hydroxylation is 1. The van der Waals surface area contributed by atoms with Gasteiger partial charge in [0.25, 0.3) is 0 Å². The molecule has 0 aliphatic heterocycles. The first-order chi connectivity index (χ1) is 10.8. The van der Waals surface area contributed by atoms with Crippen LogP contribution in [0.2, 0.25) is 4.47 Å². The van der Waals surface area contributed by atoms with Crippen LogP contribution in [0.4, 0.5) is 0 Å². The van der Waals surface area contributed by atoms with Crippen LogP contribution in [0, 0.1) is 0 Å². The van der Waals surface area contributed by atoms with Gasteiger partial charge in [-0.2, -0.15) is 0 Å². The Labute approximate surface area is 144 Å². The minimum absolute atomic E-state index is 0.163. The fraction of sp³-hybridized carbons (Fsp3) is 0.556. The molecule has 2 aromatic rings. The number of hydrogen-bond donors (Lipinski definition) is 0. The van der Waals surface area contributed by atoms with Crippen LogP contribution < -0.4 is 3.74 Å². The quantitative estimate of drug-likeness (QED) is 0.441. The van der Waals surface area contributed by atoms with Gasteiger partial charge < -0.3 is 0 Å². The summed E-state index contributed by atoms with van der Waals surface area (Å²) in [6, 6.07) is 10.6. The first kappa shape index (κ1) is 17.5. The van der Waals surface area contributed by atoms with Gasteiger partial charge in [-0.1, -0.05) is 0 Å². The molecule has 3 nitrogen and oxygen atoms in total. The zero-order chi connectivity index (χ0) is 15.6. The number of unbranched alkanes of at least 4 members (excludes halogenated alkanes) is 3. The molecule has 0 radical (unpaired) electrons. The molecule has 120 valence electrons. The van der Waals surface area contributed by atoms with Gasteiger partial charge in [0.15, 0.2) is 0 Å². The Hall–Kier alpha value is -0.850. The van der Waals surface area contributed by atoms with Crippen molar-refractivity contribution < 1.29 is 0 Å². The number of rotatable bonds is 10. The van der Waals surface area contributed by atoms with Gasteiger partial charge in [-0.3, -0.25) is 0 Å². The Morgan fingerprint density at radius 3 is 2.50 bits per heavy atom. The summed E-state index contributed by atoms with van der Waals surface area (Å²) in [7, 11) is 0. The predicted molar refractivity (Wildman–Crippen MR) is 93.9 cm³/mol. The van der Waals surface area contributed by atoms with Crippen LogP contribution in [0.3, 0.4) is 0 Å². The molecule has 0 N–H and O–H groups in total. The Bertz CT molecular complexity index is 537. The molecule has 2 rings (SSSR count). The summed E-state index contributed by atoms with van der Waals surface area (Å²) in [5.74, 6) is 0. The maximum atomic E-state index is 4.51. The van der Waals surface area contributed by atoms with E-state index < -0.39 is 0 Å². The van der Waals surface area contributed by atoms with E-state index in [0.717, 1.165) is 13.0 Å². The third kappa shape index (κ3) is 5.41. The Balaban J connectivity index is 2.09. The van der Waals surface area contributed by atoms with Crippen molar-refractivity contribution in [2.45, 2.75) is 63.4 Å². The number of benzene rings is 1. The monoisotopic (exact) mass is 415 g/mol. The average Bonchev–Trinajstić information content (AvgIpc) is 2.91. The van der Waals surface area contributed by atoms with E-state index in [1.165, 1.54) is 51.6 Å². The molecule has 0 saturated carbocycles. The van der Waals surface area contributed by atoms with E-state index in [4.69, 9.17) is 0 Å². The Morgan fingerprint density at radius 1 is 1.00 bits per heavy atom. The molecule has 0 unspecified atom stereocenters. The van der Waals surface area contributed by atoms with Crippen LogP contribution in [0.5, 0.6) is 0 Å². The topological polar surface area (TPSA) is 30.7 Å². The molecule has 0 saturated heterocycles. The summed E-state index contributed by atoms with van der Waals surface area (Å²) in [6.07, 6.45) is 7.53. The summed E-state index contributed by atoms with van der Waals surface area (Å²) >= 11 is -0.163. The zero-order valence-corrected chi connectivity index (χ0v) is 16.1. The normalized spacial score (nSPS) is 11.0. The van der Waals surface area contributed by atoms with Gasteiger partial charge in [0.05, 0.1) is 0 Å². The Kier molecular flexibility index (Phi) is 7.98. The summed E-state index contributed by atoms with van der Waals surface area (Å²) in [5, 5.41) is 8.98. The van der Waals surface area contributed by atoms with Gasteiger partial charge in [0.1, 0.15) is 0 Å². The standard InChI is InChI=1S/C18H27N3Te/c1-3-5-8-13-17-18(22-14-6-4-2)21(20-19-17)15-16-11-9-7-10-12-16/h7,9-12H,3-6,8,13-15H2,1-2H3. The van der Waals surface area contributed by atoms with Crippen LogP contribution in [-0.2, 0) is 13.0 Å². The van der Waals surface area contributed by atoms with E-state index in [2.05, 4.69) is 59.2 Å². The minimum atomic E-state index is -0.163. The zero-order valence-electron chi connectivity index (χ0n) is 13.8. The van der Waals surface area contributed by atoms with E-state index in [1.807, 2.05) is 0 Å². The van der Waals surface area contributed by atoms with Crippen molar-refractivity contribution in [1.29, 1.82) is 0 Å². The summed E-state index contributed by atoms with van der Waals surface area (Å²) in [6.45, 7) is 5.39. The van der Waals surface area contributed by atoms with Crippen molar-refractivity contribution >= 4 is 24.7 Å². The molecule has 1 aromatic heterocycles. The van der Waals surface area contributed by atoms with Crippen molar-refractivity contribution in [3.63, 3.8) is 0 Å². The molecule has 1 aromatic carbocycles. The molecule has 4 heteroatoms. The summed E-state index contributed by atoms with van der Waals surface area (Å²) in [4.78, 5) is 0. The van der Waals surface area contributed by atoms with Gasteiger partial charge in [0, 0.05) is 0 Å². The maximum absolute atomic E-state index is 4.51. The van der Waals surface area contributed by atoms with Crippen LogP contribution in [0.15, 0.2) is 30.3 Å². The van der Waals surface area contributed by atoms with Gasteiger partial charge in [-0.15, -0.1) is 0 Å². The molecule has 0 amide bonds. The van der Waals surface area contributed by atoms with Gasteiger partial charge in [0.2, 0.25) is 0 Å². The molecule has 0 atom stereocenters. The van der Waals surface area contributed by atoms with E-state index in [0.29, 0.717) is 0 Å². The Morgan fingerprint density at radius 2 is 1.77 bits per heavy atom. The van der Waals surface area contributed by atoms with Crippen molar-refractivity contribution in [2.75, 3.05) is 0 Å². The van der Waals surface area contributed by atoms with Gasteiger partial charge >= 0.3 is 145 Å². The van der Waals surface area contributed by atoms with Crippen LogP contribution in [0.1, 0.15) is 57.2 Å². The van der Waals surface area contributed by atoms with Crippen LogP contribution in [-0.4, -0.2) is 35.9 Å². The van der Waals surface area contributed by atoms with Crippen molar-refractivity contribution in [3.8, 4) is 0 Å². The van der Waals surface area contributed by atoms with Gasteiger partial charge in [-0.05, 0) is 0 Å². The molecule has 0 aliphatic carbocycles. The molecule has 0 bridgehead atoms. The third-order valence-corrected chi connectivity index (χ3v) is 7.14. The second-order valence-electron chi connectivity index (χ2n) is 5.64. The molecule has 22 heavy (non-hydrogen) atoms.